The Hall–Kier alpha value is -7.63. The van der Waals surface area contributed by atoms with E-state index in [2.05, 4.69) is 41.0 Å². The molecule has 1 unspecified atom stereocenters. The number of para-hydroxylation sites is 2. The SMILES string of the molecule is CC(CO)c1nc(-c2ccc(F)cc2)c(-c2ccnc(Oc3ccccc3)n2)[nH]1.N#CCCn1cnc(-c2ccc(F)cc2)c1-c1ccnc(Oc2ccccc2)n1. The van der Waals surface area contributed by atoms with Crippen LogP contribution in [0.15, 0.2) is 140 Å². The third-order valence-corrected chi connectivity index (χ3v) is 8.67. The Morgan fingerprint density at radius 2 is 1.22 bits per heavy atom. The molecule has 12 nitrogen and oxygen atoms in total. The number of nitrogens with zero attached hydrogens (tertiary/aromatic N) is 8. The van der Waals surface area contributed by atoms with Gasteiger partial charge in [-0.05, 0) is 84.9 Å². The molecule has 0 aliphatic carbocycles. The summed E-state index contributed by atoms with van der Waals surface area (Å²) < 4.78 is 40.1. The normalized spacial score (nSPS) is 11.2. The summed E-state index contributed by atoms with van der Waals surface area (Å²) in [7, 11) is 0. The lowest BCUT2D eigenvalue weighted by Gasteiger charge is -2.10. The molecular weight excluding hydrogens is 741 g/mol. The Kier molecular flexibility index (Phi) is 12.2. The first kappa shape index (κ1) is 38.6. The number of aromatic amines is 1. The lowest BCUT2D eigenvalue weighted by Crippen LogP contribution is -2.01. The first-order valence-electron chi connectivity index (χ1n) is 18.2. The van der Waals surface area contributed by atoms with Crippen molar-refractivity contribution >= 4 is 0 Å². The number of aryl methyl sites for hydroxylation is 1. The molecule has 288 valence electrons. The number of rotatable bonds is 12. The summed E-state index contributed by atoms with van der Waals surface area (Å²) in [6.07, 6.45) is 5.19. The Bertz CT molecular complexity index is 2610. The number of imidazole rings is 2. The molecule has 0 bridgehead atoms. The second kappa shape index (κ2) is 18.3. The number of hydrogen-bond donors (Lipinski definition) is 2. The van der Waals surface area contributed by atoms with Gasteiger partial charge < -0.3 is 24.1 Å². The average Bonchev–Trinajstić information content (AvgIpc) is 3.90. The summed E-state index contributed by atoms with van der Waals surface area (Å²) in [6, 6.07) is 36.7. The summed E-state index contributed by atoms with van der Waals surface area (Å²) in [5, 5.41) is 18.5. The molecule has 0 spiro atoms. The van der Waals surface area contributed by atoms with Crippen LogP contribution in [0, 0.1) is 23.0 Å². The highest BCUT2D eigenvalue weighted by molar-refractivity contribution is 5.78. The van der Waals surface area contributed by atoms with E-state index in [0.717, 1.165) is 11.1 Å². The van der Waals surface area contributed by atoms with E-state index in [4.69, 9.17) is 14.7 Å². The van der Waals surface area contributed by atoms with Crippen LogP contribution in [0.3, 0.4) is 0 Å². The number of H-pyrrole nitrogens is 1. The molecule has 0 fully saturated rings. The van der Waals surface area contributed by atoms with Crippen LogP contribution in [0.2, 0.25) is 0 Å². The molecule has 0 saturated carbocycles. The number of ether oxygens (including phenoxy) is 2. The van der Waals surface area contributed by atoms with Crippen molar-refractivity contribution in [2.24, 2.45) is 0 Å². The van der Waals surface area contributed by atoms with Gasteiger partial charge >= 0.3 is 12.0 Å². The van der Waals surface area contributed by atoms with Crippen molar-refractivity contribution < 1.29 is 23.4 Å². The topological polar surface area (TPSA) is 161 Å². The average molecular weight is 776 g/mol. The summed E-state index contributed by atoms with van der Waals surface area (Å²) in [6.45, 7) is 2.27. The maximum Gasteiger partial charge on any atom is 0.322 e. The van der Waals surface area contributed by atoms with Gasteiger partial charge in [-0.25, -0.2) is 28.7 Å². The molecule has 0 amide bonds. The highest BCUT2D eigenvalue weighted by Crippen LogP contribution is 2.33. The van der Waals surface area contributed by atoms with Crippen LogP contribution in [0.4, 0.5) is 8.78 Å². The molecule has 14 heteroatoms. The van der Waals surface area contributed by atoms with Crippen molar-refractivity contribution in [3.8, 4) is 74.9 Å². The smallest absolute Gasteiger partial charge is 0.322 e. The Labute approximate surface area is 332 Å². The van der Waals surface area contributed by atoms with E-state index in [1.807, 2.05) is 72.2 Å². The largest absolute Gasteiger partial charge is 0.424 e. The van der Waals surface area contributed by atoms with E-state index < -0.39 is 0 Å². The van der Waals surface area contributed by atoms with Crippen LogP contribution in [-0.2, 0) is 6.54 Å². The molecule has 8 aromatic rings. The first-order chi connectivity index (χ1) is 28.4. The number of nitrogens with one attached hydrogen (secondary N) is 1. The number of benzene rings is 4. The third kappa shape index (κ3) is 9.41. The highest BCUT2D eigenvalue weighted by Gasteiger charge is 2.20. The van der Waals surface area contributed by atoms with Crippen molar-refractivity contribution in [1.29, 1.82) is 5.26 Å². The van der Waals surface area contributed by atoms with Crippen LogP contribution in [0.5, 0.6) is 23.5 Å². The lowest BCUT2D eigenvalue weighted by molar-refractivity contribution is 0.269. The molecule has 4 aromatic carbocycles. The van der Waals surface area contributed by atoms with E-state index >= 15 is 0 Å². The standard InChI is InChI=1S/C22H16FN5O.C22H19FN4O2/c23-17-9-7-16(8-10-17)20-21(28(15-26-20)14-4-12-24)19-11-13-25-22(27-19)29-18-5-2-1-3-6-18;1-14(13-28)21-26-19(15-7-9-16(23)10-8-15)20(27-21)18-11-12-24-22(25-18)29-17-5-3-2-4-6-17/h1-3,5-11,13,15H,4,14H2;2-12,14,28H,13H2,1H3,(H,26,27). The van der Waals surface area contributed by atoms with Crippen molar-refractivity contribution in [2.75, 3.05) is 6.61 Å². The molecule has 0 radical (unpaired) electrons. The van der Waals surface area contributed by atoms with E-state index in [-0.39, 0.29) is 36.2 Å². The van der Waals surface area contributed by atoms with Crippen LogP contribution in [-0.4, -0.2) is 51.2 Å². The van der Waals surface area contributed by atoms with E-state index in [9.17, 15) is 13.9 Å². The fourth-order valence-electron chi connectivity index (χ4n) is 5.76. The number of nitriles is 1. The van der Waals surface area contributed by atoms with Gasteiger partial charge in [0.15, 0.2) is 0 Å². The van der Waals surface area contributed by atoms with Gasteiger partial charge in [0.2, 0.25) is 0 Å². The Morgan fingerprint density at radius 3 is 1.78 bits per heavy atom. The van der Waals surface area contributed by atoms with Crippen LogP contribution >= 0.6 is 0 Å². The maximum atomic E-state index is 13.4. The molecule has 0 aliphatic heterocycles. The molecule has 0 saturated heterocycles. The minimum absolute atomic E-state index is 0.0536. The lowest BCUT2D eigenvalue weighted by atomic mass is 10.1. The van der Waals surface area contributed by atoms with Crippen molar-refractivity contribution in [3.63, 3.8) is 0 Å². The summed E-state index contributed by atoms with van der Waals surface area (Å²) in [5.74, 6) is 1.04. The summed E-state index contributed by atoms with van der Waals surface area (Å²) in [4.78, 5) is 29.8. The number of aliphatic hydroxyl groups is 1. The van der Waals surface area contributed by atoms with E-state index in [1.165, 1.54) is 24.3 Å². The van der Waals surface area contributed by atoms with Gasteiger partial charge in [-0.1, -0.05) is 43.3 Å². The predicted octanol–water partition coefficient (Wildman–Crippen LogP) is 9.41. The Morgan fingerprint density at radius 1 is 0.690 bits per heavy atom. The van der Waals surface area contributed by atoms with Gasteiger partial charge in [0.1, 0.15) is 29.0 Å². The third-order valence-electron chi connectivity index (χ3n) is 8.67. The summed E-state index contributed by atoms with van der Waals surface area (Å²) >= 11 is 0. The molecule has 8 rings (SSSR count). The van der Waals surface area contributed by atoms with E-state index in [0.29, 0.717) is 64.5 Å². The number of hydrogen-bond acceptors (Lipinski definition) is 10. The minimum atomic E-state index is -0.324. The van der Waals surface area contributed by atoms with E-state index in [1.54, 1.807) is 55.1 Å². The molecule has 4 aromatic heterocycles. The zero-order valence-electron chi connectivity index (χ0n) is 31.1. The first-order valence-corrected chi connectivity index (χ1v) is 18.2. The van der Waals surface area contributed by atoms with Crippen LogP contribution in [0.1, 0.15) is 25.1 Å². The number of halogens is 2. The Balaban J connectivity index is 0.000000177. The maximum absolute atomic E-state index is 13.4. The van der Waals surface area contributed by atoms with Crippen LogP contribution in [0.25, 0.3) is 45.3 Å². The van der Waals surface area contributed by atoms with Crippen LogP contribution < -0.4 is 9.47 Å². The van der Waals surface area contributed by atoms with Gasteiger partial charge in [0.25, 0.3) is 0 Å². The summed E-state index contributed by atoms with van der Waals surface area (Å²) in [5.41, 5.74) is 5.28. The second-order valence-corrected chi connectivity index (χ2v) is 12.8. The minimum Gasteiger partial charge on any atom is -0.424 e. The molecule has 0 aliphatic rings. The highest BCUT2D eigenvalue weighted by atomic mass is 19.1. The molecule has 2 N–H and O–H groups in total. The fourth-order valence-corrected chi connectivity index (χ4v) is 5.76. The van der Waals surface area contributed by atoms with Crippen molar-refractivity contribution in [2.45, 2.75) is 25.8 Å². The number of aliphatic hydroxyl groups excluding tert-OH is 1. The van der Waals surface area contributed by atoms with Crippen molar-refractivity contribution in [3.05, 3.63) is 158 Å². The zero-order chi connectivity index (χ0) is 40.3. The fraction of sp³-hybridized carbons (Fsp3) is 0.114. The zero-order valence-corrected chi connectivity index (χ0v) is 31.1. The van der Waals surface area contributed by atoms with Crippen molar-refractivity contribution in [1.82, 2.24) is 39.5 Å². The molecular formula is C44H35F2N9O3. The molecule has 1 atom stereocenters. The predicted molar refractivity (Wildman–Crippen MR) is 212 cm³/mol. The van der Waals surface area contributed by atoms with Gasteiger partial charge in [-0.2, -0.15) is 15.2 Å². The van der Waals surface area contributed by atoms with Gasteiger partial charge in [-0.15, -0.1) is 0 Å². The van der Waals surface area contributed by atoms with Gasteiger partial charge in [-0.3, -0.25) is 0 Å². The second-order valence-electron chi connectivity index (χ2n) is 12.8. The monoisotopic (exact) mass is 775 g/mol. The number of aromatic nitrogens is 8. The van der Waals surface area contributed by atoms with Gasteiger partial charge in [0, 0.05) is 36.0 Å². The molecule has 4 heterocycles. The quantitative estimate of drug-likeness (QED) is 0.122. The molecule has 58 heavy (non-hydrogen) atoms. The van der Waals surface area contributed by atoms with Gasteiger partial charge in [0.05, 0.1) is 59.6 Å².